The molecule has 1 fully saturated rings. The van der Waals surface area contributed by atoms with E-state index in [-0.39, 0.29) is 5.91 Å². The molecule has 1 saturated carbocycles. The lowest BCUT2D eigenvalue weighted by atomic mass is 10.2. The standard InChI is InChI=1S/C13H20N2O/c1-9-7-15(11(3)10(9)2)8-13(16)14-6-12-4-5-12/h7,12H,4-6,8H2,1-3H3,(H,14,16). The predicted octanol–water partition coefficient (Wildman–Crippen LogP) is 1.94. The van der Waals surface area contributed by atoms with Crippen LogP contribution in [0, 0.1) is 26.7 Å². The first-order valence-corrected chi connectivity index (χ1v) is 5.97. The van der Waals surface area contributed by atoms with Crippen LogP contribution in [-0.4, -0.2) is 17.0 Å². The van der Waals surface area contributed by atoms with Crippen LogP contribution in [-0.2, 0) is 11.3 Å². The summed E-state index contributed by atoms with van der Waals surface area (Å²) in [4.78, 5) is 11.7. The van der Waals surface area contributed by atoms with Crippen LogP contribution in [0.1, 0.15) is 29.7 Å². The van der Waals surface area contributed by atoms with Crippen molar-refractivity contribution in [3.8, 4) is 0 Å². The minimum atomic E-state index is 0.130. The normalized spacial score (nSPS) is 15.2. The summed E-state index contributed by atoms with van der Waals surface area (Å²) in [6.45, 7) is 7.56. The predicted molar refractivity (Wildman–Crippen MR) is 64.4 cm³/mol. The number of nitrogens with zero attached hydrogens (tertiary/aromatic N) is 1. The van der Waals surface area contributed by atoms with E-state index < -0.39 is 0 Å². The fourth-order valence-electron chi connectivity index (χ4n) is 1.88. The van der Waals surface area contributed by atoms with E-state index in [0.717, 1.165) is 12.5 Å². The number of hydrogen-bond donors (Lipinski definition) is 1. The van der Waals surface area contributed by atoms with Gasteiger partial charge in [-0.2, -0.15) is 0 Å². The lowest BCUT2D eigenvalue weighted by molar-refractivity contribution is -0.121. The average Bonchev–Trinajstić information content (AvgIpc) is 3.03. The van der Waals surface area contributed by atoms with Gasteiger partial charge in [-0.25, -0.2) is 0 Å². The Bertz CT molecular complexity index is 402. The highest BCUT2D eigenvalue weighted by Gasteiger charge is 2.21. The van der Waals surface area contributed by atoms with E-state index in [1.165, 1.54) is 29.7 Å². The summed E-state index contributed by atoms with van der Waals surface area (Å²) in [5, 5.41) is 2.99. The van der Waals surface area contributed by atoms with Crippen LogP contribution in [0.2, 0.25) is 0 Å². The van der Waals surface area contributed by atoms with Crippen molar-refractivity contribution in [1.29, 1.82) is 0 Å². The van der Waals surface area contributed by atoms with Gasteiger partial charge in [0, 0.05) is 18.4 Å². The molecule has 0 saturated heterocycles. The number of aryl methyl sites for hydroxylation is 1. The molecule has 1 N–H and O–H groups in total. The van der Waals surface area contributed by atoms with Crippen LogP contribution >= 0.6 is 0 Å². The van der Waals surface area contributed by atoms with Crippen molar-refractivity contribution in [1.82, 2.24) is 9.88 Å². The largest absolute Gasteiger partial charge is 0.354 e. The zero-order valence-electron chi connectivity index (χ0n) is 10.3. The van der Waals surface area contributed by atoms with Crippen molar-refractivity contribution in [2.45, 2.75) is 40.2 Å². The maximum absolute atomic E-state index is 11.7. The highest BCUT2D eigenvalue weighted by molar-refractivity contribution is 5.75. The highest BCUT2D eigenvalue weighted by Crippen LogP contribution is 2.27. The Morgan fingerprint density at radius 1 is 1.44 bits per heavy atom. The van der Waals surface area contributed by atoms with Crippen molar-refractivity contribution in [2.24, 2.45) is 5.92 Å². The van der Waals surface area contributed by atoms with E-state index in [9.17, 15) is 4.79 Å². The molecule has 1 aliphatic carbocycles. The molecule has 16 heavy (non-hydrogen) atoms. The molecule has 0 spiro atoms. The van der Waals surface area contributed by atoms with Gasteiger partial charge >= 0.3 is 0 Å². The minimum absolute atomic E-state index is 0.130. The third-order valence-electron chi connectivity index (χ3n) is 3.51. The molecule has 3 nitrogen and oxygen atoms in total. The summed E-state index contributed by atoms with van der Waals surface area (Å²) in [6, 6.07) is 0. The molecule has 0 unspecified atom stereocenters. The van der Waals surface area contributed by atoms with E-state index in [1.807, 2.05) is 4.57 Å². The van der Waals surface area contributed by atoms with Crippen molar-refractivity contribution in [2.75, 3.05) is 6.54 Å². The van der Waals surface area contributed by atoms with Gasteiger partial charge in [0.1, 0.15) is 6.54 Å². The molecule has 1 aliphatic rings. The molecule has 1 heterocycles. The van der Waals surface area contributed by atoms with Gasteiger partial charge < -0.3 is 9.88 Å². The summed E-state index contributed by atoms with van der Waals surface area (Å²) in [7, 11) is 0. The molecular formula is C13H20N2O. The van der Waals surface area contributed by atoms with E-state index in [4.69, 9.17) is 0 Å². The number of carbonyl (C=O) groups is 1. The first-order valence-electron chi connectivity index (χ1n) is 5.97. The Kier molecular flexibility index (Phi) is 3.03. The Labute approximate surface area is 96.8 Å². The lowest BCUT2D eigenvalue weighted by Gasteiger charge is -2.07. The molecule has 1 aromatic heterocycles. The van der Waals surface area contributed by atoms with Gasteiger partial charge in [-0.1, -0.05) is 0 Å². The van der Waals surface area contributed by atoms with Gasteiger partial charge in [0.25, 0.3) is 0 Å². The maximum Gasteiger partial charge on any atom is 0.239 e. The van der Waals surface area contributed by atoms with Crippen LogP contribution in [0.15, 0.2) is 6.20 Å². The van der Waals surface area contributed by atoms with Crippen molar-refractivity contribution in [3.63, 3.8) is 0 Å². The zero-order chi connectivity index (χ0) is 11.7. The minimum Gasteiger partial charge on any atom is -0.354 e. The van der Waals surface area contributed by atoms with Crippen LogP contribution in [0.3, 0.4) is 0 Å². The van der Waals surface area contributed by atoms with E-state index in [1.54, 1.807) is 0 Å². The molecule has 88 valence electrons. The van der Waals surface area contributed by atoms with Gasteiger partial charge in [0.05, 0.1) is 0 Å². The topological polar surface area (TPSA) is 34.0 Å². The van der Waals surface area contributed by atoms with E-state index in [2.05, 4.69) is 32.3 Å². The average molecular weight is 220 g/mol. The van der Waals surface area contributed by atoms with Gasteiger partial charge in [0.15, 0.2) is 0 Å². The number of hydrogen-bond acceptors (Lipinski definition) is 1. The summed E-state index contributed by atoms with van der Waals surface area (Å²) in [6.07, 6.45) is 4.61. The molecule has 0 bridgehead atoms. The molecule has 0 aliphatic heterocycles. The second kappa shape index (κ2) is 4.32. The van der Waals surface area contributed by atoms with Gasteiger partial charge in [-0.15, -0.1) is 0 Å². The summed E-state index contributed by atoms with van der Waals surface area (Å²) >= 11 is 0. The van der Waals surface area contributed by atoms with Crippen LogP contribution in [0.4, 0.5) is 0 Å². The smallest absolute Gasteiger partial charge is 0.239 e. The van der Waals surface area contributed by atoms with Gasteiger partial charge in [-0.3, -0.25) is 4.79 Å². The quantitative estimate of drug-likeness (QED) is 0.826. The van der Waals surface area contributed by atoms with Crippen LogP contribution < -0.4 is 5.32 Å². The van der Waals surface area contributed by atoms with Crippen molar-refractivity contribution >= 4 is 5.91 Å². The summed E-state index contributed by atoms with van der Waals surface area (Å²) in [5.41, 5.74) is 3.74. The molecule has 0 aromatic carbocycles. The lowest BCUT2D eigenvalue weighted by Crippen LogP contribution is -2.29. The zero-order valence-corrected chi connectivity index (χ0v) is 10.3. The number of nitrogens with one attached hydrogen (secondary N) is 1. The van der Waals surface area contributed by atoms with E-state index >= 15 is 0 Å². The number of aromatic nitrogens is 1. The third kappa shape index (κ3) is 2.46. The number of rotatable bonds is 4. The third-order valence-corrected chi connectivity index (χ3v) is 3.51. The fraction of sp³-hybridized carbons (Fsp3) is 0.615. The Balaban J connectivity index is 1.91. The SMILES string of the molecule is Cc1cn(CC(=O)NCC2CC2)c(C)c1C. The van der Waals surface area contributed by atoms with Crippen molar-refractivity contribution in [3.05, 3.63) is 23.0 Å². The highest BCUT2D eigenvalue weighted by atomic mass is 16.1. The second-order valence-corrected chi connectivity index (χ2v) is 4.90. The first kappa shape index (κ1) is 11.2. The second-order valence-electron chi connectivity index (χ2n) is 4.90. The fourth-order valence-corrected chi connectivity index (χ4v) is 1.88. The monoisotopic (exact) mass is 220 g/mol. The van der Waals surface area contributed by atoms with E-state index in [0.29, 0.717) is 6.54 Å². The van der Waals surface area contributed by atoms with Gasteiger partial charge in [0.2, 0.25) is 5.91 Å². The summed E-state index contributed by atoms with van der Waals surface area (Å²) in [5.74, 6) is 0.878. The molecular weight excluding hydrogens is 200 g/mol. The Hall–Kier alpha value is -1.25. The van der Waals surface area contributed by atoms with Crippen molar-refractivity contribution < 1.29 is 4.79 Å². The van der Waals surface area contributed by atoms with Crippen LogP contribution in [0.25, 0.3) is 0 Å². The number of amides is 1. The molecule has 0 atom stereocenters. The van der Waals surface area contributed by atoms with Crippen LogP contribution in [0.5, 0.6) is 0 Å². The Morgan fingerprint density at radius 2 is 2.12 bits per heavy atom. The molecule has 3 heteroatoms. The molecule has 1 aromatic rings. The maximum atomic E-state index is 11.7. The molecule has 0 radical (unpaired) electrons. The number of carbonyl (C=O) groups excluding carboxylic acids is 1. The van der Waals surface area contributed by atoms with Gasteiger partial charge in [-0.05, 0) is 50.7 Å². The first-order chi connectivity index (χ1) is 7.58. The molecule has 1 amide bonds. The molecule has 2 rings (SSSR count). The summed E-state index contributed by atoms with van der Waals surface area (Å²) < 4.78 is 2.03. The Morgan fingerprint density at radius 3 is 2.62 bits per heavy atom.